The van der Waals surface area contributed by atoms with Crippen LogP contribution in [0.4, 0.5) is 5.69 Å². The van der Waals surface area contributed by atoms with E-state index in [-0.39, 0.29) is 0 Å². The van der Waals surface area contributed by atoms with E-state index in [0.717, 1.165) is 0 Å². The van der Waals surface area contributed by atoms with Crippen molar-refractivity contribution in [3.05, 3.63) is 70.1 Å². The van der Waals surface area contributed by atoms with E-state index >= 15 is 0 Å². The fourth-order valence-electron chi connectivity index (χ4n) is 3.95. The molecule has 0 saturated heterocycles. The molecule has 0 aromatic heterocycles. The van der Waals surface area contributed by atoms with Crippen molar-refractivity contribution >= 4 is 11.3 Å². The molecule has 2 N–H and O–H groups in total. The van der Waals surface area contributed by atoms with Crippen molar-refractivity contribution in [2.24, 2.45) is 0 Å². The van der Waals surface area contributed by atoms with Gasteiger partial charge in [0.15, 0.2) is 0 Å². The summed E-state index contributed by atoms with van der Waals surface area (Å²) >= 11 is 0. The molecule has 0 amide bonds. The first kappa shape index (κ1) is 12.7. The summed E-state index contributed by atoms with van der Waals surface area (Å²) in [5.74, 6) is 0. The molecule has 2 heteroatoms. The highest BCUT2D eigenvalue weighted by Crippen LogP contribution is 2.45. The fourth-order valence-corrected chi connectivity index (χ4v) is 3.95. The summed E-state index contributed by atoms with van der Waals surface area (Å²) in [5.41, 5.74) is 11.4. The first-order valence-electron chi connectivity index (χ1n) is 7.58. The minimum atomic E-state index is 0.446. The molecule has 0 spiro atoms. The monoisotopic (exact) mass is 277 g/mol. The molecule has 1 aromatic rings. The number of nitrogens with two attached hydrogens (primary N) is 1. The second kappa shape index (κ2) is 4.22. The summed E-state index contributed by atoms with van der Waals surface area (Å²) in [5, 5.41) is 2.43. The molecule has 0 saturated carbocycles. The number of rotatable bonds is 0. The van der Waals surface area contributed by atoms with Crippen LogP contribution in [0.2, 0.25) is 0 Å². The zero-order valence-electron chi connectivity index (χ0n) is 13.1. The molecule has 3 aliphatic rings. The molecule has 1 aliphatic carbocycles. The molecule has 21 heavy (non-hydrogen) atoms. The molecule has 0 radical (unpaired) electrons. The lowest BCUT2D eigenvalue weighted by atomic mass is 9.77. The third-order valence-electron chi connectivity index (χ3n) is 5.20. The average Bonchev–Trinajstić information content (AvgIpc) is 2.87. The molecule has 4 rings (SSSR count). The van der Waals surface area contributed by atoms with Crippen LogP contribution < -0.4 is 5.32 Å². The number of hydrogen-bond donors (Lipinski definition) is 1. The van der Waals surface area contributed by atoms with E-state index in [2.05, 4.69) is 74.6 Å². The van der Waals surface area contributed by atoms with Crippen LogP contribution in [-0.4, -0.2) is 18.0 Å². The molecule has 2 nitrogen and oxygen atoms in total. The normalized spacial score (nSPS) is 23.6. The Balaban J connectivity index is 2.02. The maximum atomic E-state index is 2.43. The first-order valence-corrected chi connectivity index (χ1v) is 7.58. The summed E-state index contributed by atoms with van der Waals surface area (Å²) in [6.07, 6.45) is 4.45. The quantitative estimate of drug-likeness (QED) is 0.722. The van der Waals surface area contributed by atoms with Gasteiger partial charge in [-0.3, -0.25) is 0 Å². The highest BCUT2D eigenvalue weighted by atomic mass is 15.1. The van der Waals surface area contributed by atoms with Gasteiger partial charge in [0.1, 0.15) is 11.7 Å². The fraction of sp³-hybridized carbons (Fsp3) is 0.263. The zero-order chi connectivity index (χ0) is 14.7. The topological polar surface area (TPSA) is 19.9 Å². The van der Waals surface area contributed by atoms with Crippen LogP contribution in [0, 0.1) is 0 Å². The molecule has 1 atom stereocenters. The lowest BCUT2D eigenvalue weighted by molar-refractivity contribution is -0.581. The van der Waals surface area contributed by atoms with Crippen molar-refractivity contribution in [2.75, 3.05) is 7.05 Å². The van der Waals surface area contributed by atoms with Crippen LogP contribution in [0.15, 0.2) is 64.5 Å². The smallest absolute Gasteiger partial charge is 0.140 e. The van der Waals surface area contributed by atoms with Crippen molar-refractivity contribution in [3.63, 3.8) is 0 Å². The third kappa shape index (κ3) is 1.57. The van der Waals surface area contributed by atoms with Crippen LogP contribution in [-0.2, 0) is 0 Å². The van der Waals surface area contributed by atoms with Crippen LogP contribution >= 0.6 is 0 Å². The second-order valence-corrected chi connectivity index (χ2v) is 6.25. The van der Waals surface area contributed by atoms with Crippen molar-refractivity contribution in [2.45, 2.75) is 26.8 Å². The van der Waals surface area contributed by atoms with E-state index in [1.807, 2.05) is 0 Å². The van der Waals surface area contributed by atoms with Crippen molar-refractivity contribution in [3.8, 4) is 0 Å². The molecular formula is C19H21N2+. The van der Waals surface area contributed by atoms with E-state index < -0.39 is 0 Å². The molecule has 106 valence electrons. The van der Waals surface area contributed by atoms with Gasteiger partial charge >= 0.3 is 0 Å². The van der Waals surface area contributed by atoms with E-state index in [4.69, 9.17) is 0 Å². The molecule has 0 bridgehead atoms. The number of hydrogen-bond acceptors (Lipinski definition) is 1. The Kier molecular flexibility index (Phi) is 2.54. The molecule has 2 heterocycles. The van der Waals surface area contributed by atoms with Crippen molar-refractivity contribution in [1.29, 1.82) is 0 Å². The molecular weight excluding hydrogens is 256 g/mol. The largest absolute Gasteiger partial charge is 0.354 e. The number of para-hydroxylation sites is 1. The van der Waals surface area contributed by atoms with Gasteiger partial charge in [0, 0.05) is 35.7 Å². The van der Waals surface area contributed by atoms with Gasteiger partial charge in [0.2, 0.25) is 0 Å². The Morgan fingerprint density at radius 2 is 1.86 bits per heavy atom. The van der Waals surface area contributed by atoms with E-state index in [0.29, 0.717) is 6.04 Å². The van der Waals surface area contributed by atoms with Crippen molar-refractivity contribution < 1.29 is 5.32 Å². The maximum absolute atomic E-state index is 2.43. The van der Waals surface area contributed by atoms with E-state index in [1.165, 1.54) is 44.8 Å². The Morgan fingerprint density at radius 3 is 2.67 bits per heavy atom. The Hall–Kier alpha value is -2.06. The van der Waals surface area contributed by atoms with Crippen LogP contribution in [0.5, 0.6) is 0 Å². The van der Waals surface area contributed by atoms with E-state index in [9.17, 15) is 0 Å². The molecule has 0 fully saturated rings. The predicted molar refractivity (Wildman–Crippen MR) is 86.7 cm³/mol. The minimum Gasteiger partial charge on any atom is -0.354 e. The Morgan fingerprint density at radius 1 is 1.10 bits per heavy atom. The lowest BCUT2D eigenvalue weighted by Gasteiger charge is -2.32. The van der Waals surface area contributed by atoms with Gasteiger partial charge in [-0.2, -0.15) is 0 Å². The second-order valence-electron chi connectivity index (χ2n) is 6.25. The van der Waals surface area contributed by atoms with Gasteiger partial charge in [-0.05, 0) is 55.7 Å². The van der Waals surface area contributed by atoms with Crippen LogP contribution in [0.3, 0.4) is 0 Å². The number of benzene rings is 1. The molecule has 1 unspecified atom stereocenters. The number of quaternary nitrogens is 1. The predicted octanol–water partition coefficient (Wildman–Crippen LogP) is 3.10. The van der Waals surface area contributed by atoms with E-state index in [1.54, 1.807) is 0 Å². The summed E-state index contributed by atoms with van der Waals surface area (Å²) < 4.78 is 0. The van der Waals surface area contributed by atoms with Crippen LogP contribution in [0.1, 0.15) is 26.3 Å². The third-order valence-corrected chi connectivity index (χ3v) is 5.20. The van der Waals surface area contributed by atoms with Gasteiger partial charge in [-0.15, -0.1) is 0 Å². The first-order chi connectivity index (χ1) is 10.1. The number of fused-ring (bicyclic) bond motifs is 4. The van der Waals surface area contributed by atoms with Gasteiger partial charge in [0.05, 0.1) is 0 Å². The summed E-state index contributed by atoms with van der Waals surface area (Å²) in [4.78, 5) is 2.22. The highest BCUT2D eigenvalue weighted by molar-refractivity contribution is 5.88. The van der Waals surface area contributed by atoms with Crippen molar-refractivity contribution in [1.82, 2.24) is 4.90 Å². The summed E-state index contributed by atoms with van der Waals surface area (Å²) in [6.45, 7) is 6.80. The SMILES string of the molecule is CC1=C2c3ccccc3[NH2+]C2C(C)=C2C=CN(C)C(C)=C12. The standard InChI is InChI=1S/C19H20N2/c1-11-14-9-10-21(4)13(3)17(14)12(2)18-15-7-5-6-8-16(15)20-19(11)18/h5-10,19-20H,1-4H3/p+1. The Labute approximate surface area is 126 Å². The minimum absolute atomic E-state index is 0.446. The number of allylic oxidation sites excluding steroid dienone is 5. The van der Waals surface area contributed by atoms with Crippen LogP contribution in [0.25, 0.3) is 5.57 Å². The maximum Gasteiger partial charge on any atom is 0.140 e. The van der Waals surface area contributed by atoms with Gasteiger partial charge in [-0.1, -0.05) is 12.1 Å². The summed E-state index contributed by atoms with van der Waals surface area (Å²) in [6, 6.07) is 9.23. The van der Waals surface area contributed by atoms with Gasteiger partial charge in [-0.25, -0.2) is 0 Å². The Bertz CT molecular complexity index is 775. The number of nitrogens with zero attached hydrogens (tertiary/aromatic N) is 1. The van der Waals surface area contributed by atoms with Gasteiger partial charge < -0.3 is 10.2 Å². The lowest BCUT2D eigenvalue weighted by Crippen LogP contribution is -2.82. The summed E-state index contributed by atoms with van der Waals surface area (Å²) in [7, 11) is 2.13. The zero-order valence-corrected chi connectivity index (χ0v) is 13.1. The van der Waals surface area contributed by atoms with Gasteiger partial charge in [0.25, 0.3) is 0 Å². The molecule has 1 aromatic carbocycles. The average molecular weight is 277 g/mol. The highest BCUT2D eigenvalue weighted by Gasteiger charge is 2.39. The molecule has 2 aliphatic heterocycles.